The third kappa shape index (κ3) is 2.71. The fourth-order valence-electron chi connectivity index (χ4n) is 1.46. The second kappa shape index (κ2) is 5.40. The molecule has 2 rings (SSSR count). The van der Waals surface area contributed by atoms with Crippen LogP contribution in [-0.4, -0.2) is 23.4 Å². The van der Waals surface area contributed by atoms with Gasteiger partial charge in [-0.15, -0.1) is 0 Å². The molecule has 1 saturated heterocycles. The molecule has 1 aliphatic rings. The number of carbonyl (C=O) groups excluding carboxylic acids is 1. The first-order chi connectivity index (χ1) is 8.68. The maximum atomic E-state index is 11.6. The van der Waals surface area contributed by atoms with Gasteiger partial charge in [-0.1, -0.05) is 12.1 Å². The van der Waals surface area contributed by atoms with Gasteiger partial charge in [-0.3, -0.25) is 25.8 Å². The minimum atomic E-state index is -0.522. The number of nitro benzene ring substituents is 1. The van der Waals surface area contributed by atoms with E-state index >= 15 is 0 Å². The molecule has 1 fully saturated rings. The second-order valence-electron chi connectivity index (χ2n) is 3.59. The zero-order valence-electron chi connectivity index (χ0n) is 9.27. The fraction of sp³-hybridized carbons (Fsp3) is 0.222. The highest BCUT2D eigenvalue weighted by molar-refractivity contribution is 5.83. The molecule has 9 heteroatoms. The molecule has 1 unspecified atom stereocenters. The SMILES string of the molecule is O=C(NNc1ccccc1[N+](=O)[O-])C1CNNN1. The third-order valence-electron chi connectivity index (χ3n) is 2.38. The van der Waals surface area contributed by atoms with Crippen LogP contribution in [0.5, 0.6) is 0 Å². The number of nitrogens with zero attached hydrogens (tertiary/aromatic N) is 1. The van der Waals surface area contributed by atoms with Crippen molar-refractivity contribution in [2.75, 3.05) is 12.0 Å². The smallest absolute Gasteiger partial charge is 0.292 e. The van der Waals surface area contributed by atoms with Crippen molar-refractivity contribution >= 4 is 17.3 Å². The molecular formula is C9H12N6O3. The Morgan fingerprint density at radius 1 is 1.44 bits per heavy atom. The Bertz CT molecular complexity index is 459. The van der Waals surface area contributed by atoms with Gasteiger partial charge in [0.2, 0.25) is 0 Å². The minimum Gasteiger partial charge on any atom is -0.292 e. The lowest BCUT2D eigenvalue weighted by atomic mass is 10.3. The fourth-order valence-corrected chi connectivity index (χ4v) is 1.46. The topological polar surface area (TPSA) is 120 Å². The molecule has 9 nitrogen and oxygen atoms in total. The molecule has 0 radical (unpaired) electrons. The molecule has 0 bridgehead atoms. The van der Waals surface area contributed by atoms with Gasteiger partial charge in [0.15, 0.2) is 0 Å². The van der Waals surface area contributed by atoms with Crippen LogP contribution in [0.15, 0.2) is 24.3 Å². The molecule has 5 N–H and O–H groups in total. The molecule has 18 heavy (non-hydrogen) atoms. The number of amides is 1. The molecular weight excluding hydrogens is 240 g/mol. The zero-order chi connectivity index (χ0) is 13.0. The number of anilines is 1. The Morgan fingerprint density at radius 2 is 2.22 bits per heavy atom. The van der Waals surface area contributed by atoms with Gasteiger partial charge in [-0.25, -0.2) is 10.9 Å². The number of nitrogens with one attached hydrogen (secondary N) is 5. The third-order valence-corrected chi connectivity index (χ3v) is 2.38. The van der Waals surface area contributed by atoms with E-state index in [0.29, 0.717) is 6.54 Å². The molecule has 1 atom stereocenters. The number of carbonyl (C=O) groups is 1. The summed E-state index contributed by atoms with van der Waals surface area (Å²) in [7, 11) is 0. The van der Waals surface area contributed by atoms with Crippen LogP contribution in [0.2, 0.25) is 0 Å². The van der Waals surface area contributed by atoms with Crippen LogP contribution in [-0.2, 0) is 4.79 Å². The lowest BCUT2D eigenvalue weighted by Gasteiger charge is -2.11. The highest BCUT2D eigenvalue weighted by atomic mass is 16.6. The van der Waals surface area contributed by atoms with E-state index in [9.17, 15) is 14.9 Å². The maximum Gasteiger partial charge on any atom is 0.294 e. The number of nitro groups is 1. The molecule has 1 heterocycles. The summed E-state index contributed by atoms with van der Waals surface area (Å²) in [4.78, 5) is 21.8. The second-order valence-corrected chi connectivity index (χ2v) is 3.59. The van der Waals surface area contributed by atoms with Crippen LogP contribution in [0, 0.1) is 10.1 Å². The summed E-state index contributed by atoms with van der Waals surface area (Å²) in [6, 6.07) is 5.61. The van der Waals surface area contributed by atoms with Gasteiger partial charge in [0.1, 0.15) is 11.7 Å². The number of para-hydroxylation sites is 2. The van der Waals surface area contributed by atoms with E-state index in [-0.39, 0.29) is 17.3 Å². The van der Waals surface area contributed by atoms with Crippen molar-refractivity contribution in [2.24, 2.45) is 0 Å². The van der Waals surface area contributed by atoms with E-state index in [0.717, 1.165) is 0 Å². The van der Waals surface area contributed by atoms with E-state index in [1.807, 2.05) is 0 Å². The van der Waals surface area contributed by atoms with Crippen LogP contribution < -0.4 is 27.2 Å². The van der Waals surface area contributed by atoms with Crippen molar-refractivity contribution in [1.82, 2.24) is 21.8 Å². The van der Waals surface area contributed by atoms with Crippen LogP contribution in [0.25, 0.3) is 0 Å². The maximum absolute atomic E-state index is 11.6. The van der Waals surface area contributed by atoms with E-state index in [2.05, 4.69) is 27.2 Å². The first-order valence-electron chi connectivity index (χ1n) is 5.21. The van der Waals surface area contributed by atoms with Gasteiger partial charge >= 0.3 is 0 Å². The Hall–Kier alpha value is -2.23. The molecule has 0 spiro atoms. The molecule has 1 aromatic rings. The number of hydrogen-bond acceptors (Lipinski definition) is 7. The number of rotatable bonds is 4. The first-order valence-corrected chi connectivity index (χ1v) is 5.21. The van der Waals surface area contributed by atoms with Crippen molar-refractivity contribution in [3.63, 3.8) is 0 Å². The molecule has 96 valence electrons. The summed E-state index contributed by atoms with van der Waals surface area (Å²) in [5.41, 5.74) is 13.1. The predicted octanol–water partition coefficient (Wildman–Crippen LogP) is -0.981. The summed E-state index contributed by atoms with van der Waals surface area (Å²) in [6.45, 7) is 0.421. The van der Waals surface area contributed by atoms with Gasteiger partial charge in [-0.2, -0.15) is 5.53 Å². The average molecular weight is 252 g/mol. The molecule has 1 amide bonds. The van der Waals surface area contributed by atoms with Crippen molar-refractivity contribution in [3.05, 3.63) is 34.4 Å². The number of hydrazine groups is 3. The van der Waals surface area contributed by atoms with Gasteiger partial charge in [-0.05, 0) is 6.07 Å². The van der Waals surface area contributed by atoms with Crippen LogP contribution in [0.3, 0.4) is 0 Å². The average Bonchev–Trinajstić information content (AvgIpc) is 2.90. The highest BCUT2D eigenvalue weighted by Crippen LogP contribution is 2.21. The standard InChI is InChI=1S/C9H12N6O3/c16-9(7-5-10-14-12-7)13-11-6-3-1-2-4-8(6)15(17)18/h1-4,7,10-12,14H,5H2,(H,13,16). The van der Waals surface area contributed by atoms with Crippen molar-refractivity contribution in [2.45, 2.75) is 6.04 Å². The summed E-state index contributed by atoms with van der Waals surface area (Å²) in [6.07, 6.45) is 0. The Kier molecular flexibility index (Phi) is 3.67. The van der Waals surface area contributed by atoms with Gasteiger partial charge in [0, 0.05) is 12.6 Å². The molecule has 0 aromatic heterocycles. The highest BCUT2D eigenvalue weighted by Gasteiger charge is 2.22. The summed E-state index contributed by atoms with van der Waals surface area (Å²) in [5, 5.41) is 10.7. The predicted molar refractivity (Wildman–Crippen MR) is 62.9 cm³/mol. The van der Waals surface area contributed by atoms with E-state index in [4.69, 9.17) is 0 Å². The molecule has 0 saturated carbocycles. The lowest BCUT2D eigenvalue weighted by molar-refractivity contribution is -0.384. The van der Waals surface area contributed by atoms with E-state index in [1.54, 1.807) is 12.1 Å². The van der Waals surface area contributed by atoms with E-state index in [1.165, 1.54) is 12.1 Å². The summed E-state index contributed by atoms with van der Waals surface area (Å²) < 4.78 is 0. The van der Waals surface area contributed by atoms with Gasteiger partial charge < -0.3 is 0 Å². The molecule has 1 aromatic carbocycles. The van der Waals surface area contributed by atoms with Crippen LogP contribution in [0.1, 0.15) is 0 Å². The van der Waals surface area contributed by atoms with Crippen LogP contribution in [0.4, 0.5) is 11.4 Å². The van der Waals surface area contributed by atoms with Crippen molar-refractivity contribution in [3.8, 4) is 0 Å². The minimum absolute atomic E-state index is 0.103. The Balaban J connectivity index is 1.97. The van der Waals surface area contributed by atoms with Crippen molar-refractivity contribution in [1.29, 1.82) is 0 Å². The van der Waals surface area contributed by atoms with E-state index < -0.39 is 11.0 Å². The number of hydrogen-bond donors (Lipinski definition) is 5. The van der Waals surface area contributed by atoms with Gasteiger partial charge in [0.05, 0.1) is 4.92 Å². The summed E-state index contributed by atoms with van der Waals surface area (Å²) in [5.74, 6) is -0.328. The van der Waals surface area contributed by atoms with Gasteiger partial charge in [0.25, 0.3) is 11.6 Å². The quantitative estimate of drug-likeness (QED) is 0.345. The van der Waals surface area contributed by atoms with Crippen LogP contribution >= 0.6 is 0 Å². The van der Waals surface area contributed by atoms with Crippen molar-refractivity contribution < 1.29 is 9.72 Å². The largest absolute Gasteiger partial charge is 0.294 e. The summed E-state index contributed by atoms with van der Waals surface area (Å²) >= 11 is 0. The Labute approximate surface area is 102 Å². The monoisotopic (exact) mass is 252 g/mol. The zero-order valence-corrected chi connectivity index (χ0v) is 9.27. The molecule has 0 aliphatic carbocycles. The normalized spacial score (nSPS) is 18.3. The lowest BCUT2D eigenvalue weighted by Crippen LogP contribution is -2.46. The first kappa shape index (κ1) is 12.2. The number of benzene rings is 1. The Morgan fingerprint density at radius 3 is 2.89 bits per heavy atom. The molecule has 1 aliphatic heterocycles.